The summed E-state index contributed by atoms with van der Waals surface area (Å²) in [5, 5.41) is 0. The fourth-order valence-corrected chi connectivity index (χ4v) is 2.26. The van der Waals surface area contributed by atoms with Crippen LogP contribution in [0, 0.1) is 11.8 Å². The number of esters is 1. The Bertz CT molecular complexity index is 366. The summed E-state index contributed by atoms with van der Waals surface area (Å²) < 4.78 is 4.91. The average Bonchev–Trinajstić information content (AvgIpc) is 2.21. The number of allylic oxidation sites excluding steroid dienone is 3. The van der Waals surface area contributed by atoms with Crippen molar-refractivity contribution in [1.82, 2.24) is 0 Å². The molecule has 94 valence electrons. The van der Waals surface area contributed by atoms with Gasteiger partial charge in [-0.25, -0.2) is 0 Å². The van der Waals surface area contributed by atoms with Crippen LogP contribution in [-0.2, 0) is 14.3 Å². The van der Waals surface area contributed by atoms with Gasteiger partial charge in [-0.3, -0.25) is 9.59 Å². The molecule has 1 aliphatic carbocycles. The summed E-state index contributed by atoms with van der Waals surface area (Å²) in [5.41, 5.74) is 2.02. The van der Waals surface area contributed by atoms with Gasteiger partial charge >= 0.3 is 5.97 Å². The third kappa shape index (κ3) is 3.55. The topological polar surface area (TPSA) is 43.4 Å². The van der Waals surface area contributed by atoms with E-state index in [4.69, 9.17) is 4.74 Å². The molecule has 0 aromatic rings. The maximum Gasteiger partial charge on any atom is 0.306 e. The van der Waals surface area contributed by atoms with Crippen LogP contribution < -0.4 is 0 Å². The van der Waals surface area contributed by atoms with Crippen molar-refractivity contribution >= 4 is 11.8 Å². The Morgan fingerprint density at radius 1 is 1.59 bits per heavy atom. The largest absolute Gasteiger partial charge is 0.466 e. The molecule has 0 spiro atoms. The van der Waals surface area contributed by atoms with Crippen molar-refractivity contribution in [1.29, 1.82) is 0 Å². The number of rotatable bonds is 4. The van der Waals surface area contributed by atoms with Crippen molar-refractivity contribution in [2.45, 2.75) is 33.6 Å². The second kappa shape index (κ2) is 5.80. The Balaban J connectivity index is 2.82. The lowest BCUT2D eigenvalue weighted by Crippen LogP contribution is -2.30. The highest BCUT2D eigenvalue weighted by atomic mass is 16.5. The number of carbonyl (C=O) groups is 2. The first-order valence-electron chi connectivity index (χ1n) is 5.97. The van der Waals surface area contributed by atoms with Crippen molar-refractivity contribution in [3.8, 4) is 0 Å². The smallest absolute Gasteiger partial charge is 0.306 e. The molecule has 0 aromatic carbocycles. The van der Waals surface area contributed by atoms with Crippen molar-refractivity contribution in [3.05, 3.63) is 23.8 Å². The van der Waals surface area contributed by atoms with Crippen LogP contribution in [0.25, 0.3) is 0 Å². The number of carbonyl (C=O) groups excluding carboxylic acids is 2. The third-order valence-corrected chi connectivity index (χ3v) is 3.11. The standard InChI is InChI=1S/C14H20O3/c1-5-17-14(16)8-12-11(9(2)3)6-10(4)7-13(12)15/h7,11-12H,2,5-6,8H2,1,3-4H3/t11-,12-/m0/s1. The summed E-state index contributed by atoms with van der Waals surface area (Å²) >= 11 is 0. The second-order valence-electron chi connectivity index (χ2n) is 4.67. The quantitative estimate of drug-likeness (QED) is 0.556. The van der Waals surface area contributed by atoms with Crippen LogP contribution in [0.4, 0.5) is 0 Å². The molecule has 0 heterocycles. The van der Waals surface area contributed by atoms with Crippen LogP contribution in [0.5, 0.6) is 0 Å². The van der Waals surface area contributed by atoms with Gasteiger partial charge in [-0.1, -0.05) is 17.7 Å². The monoisotopic (exact) mass is 236 g/mol. The van der Waals surface area contributed by atoms with Crippen LogP contribution in [-0.4, -0.2) is 18.4 Å². The van der Waals surface area contributed by atoms with E-state index >= 15 is 0 Å². The summed E-state index contributed by atoms with van der Waals surface area (Å²) in [6, 6.07) is 0. The molecule has 1 rings (SSSR count). The summed E-state index contributed by atoms with van der Waals surface area (Å²) in [6.45, 7) is 9.89. The van der Waals surface area contributed by atoms with Crippen LogP contribution in [0.3, 0.4) is 0 Å². The summed E-state index contributed by atoms with van der Waals surface area (Å²) in [4.78, 5) is 23.4. The van der Waals surface area contributed by atoms with Gasteiger partial charge in [-0.15, -0.1) is 0 Å². The maximum absolute atomic E-state index is 11.9. The summed E-state index contributed by atoms with van der Waals surface area (Å²) in [7, 11) is 0. The number of ether oxygens (including phenoxy) is 1. The SMILES string of the molecule is C=C(C)[C@@H]1CC(C)=CC(=O)[C@H]1CC(=O)OCC. The molecule has 0 amide bonds. The molecular formula is C14H20O3. The molecule has 3 nitrogen and oxygen atoms in total. The van der Waals surface area contributed by atoms with E-state index in [-0.39, 0.29) is 30.0 Å². The molecule has 0 aromatic heterocycles. The fourth-order valence-electron chi connectivity index (χ4n) is 2.26. The van der Waals surface area contributed by atoms with E-state index in [2.05, 4.69) is 6.58 Å². The molecule has 0 aliphatic heterocycles. The van der Waals surface area contributed by atoms with Crippen molar-refractivity contribution < 1.29 is 14.3 Å². The van der Waals surface area contributed by atoms with Gasteiger partial charge in [0.25, 0.3) is 0 Å². The molecule has 0 bridgehead atoms. The molecule has 0 saturated carbocycles. The van der Waals surface area contributed by atoms with E-state index < -0.39 is 0 Å². The molecule has 0 fully saturated rings. The molecule has 0 radical (unpaired) electrons. The first kappa shape index (κ1) is 13.7. The summed E-state index contributed by atoms with van der Waals surface area (Å²) in [6.07, 6.45) is 2.61. The van der Waals surface area contributed by atoms with Crippen LogP contribution in [0.1, 0.15) is 33.6 Å². The van der Waals surface area contributed by atoms with E-state index in [1.54, 1.807) is 13.0 Å². The van der Waals surface area contributed by atoms with Crippen molar-refractivity contribution in [2.75, 3.05) is 6.61 Å². The molecule has 2 atom stereocenters. The van der Waals surface area contributed by atoms with Crippen molar-refractivity contribution in [3.63, 3.8) is 0 Å². The molecule has 17 heavy (non-hydrogen) atoms. The Labute approximate surface area is 103 Å². The fraction of sp³-hybridized carbons (Fsp3) is 0.571. The van der Waals surface area contributed by atoms with E-state index in [9.17, 15) is 9.59 Å². The first-order valence-corrected chi connectivity index (χ1v) is 5.97. The Morgan fingerprint density at radius 3 is 2.76 bits per heavy atom. The number of hydrogen-bond donors (Lipinski definition) is 0. The van der Waals surface area contributed by atoms with Crippen LogP contribution >= 0.6 is 0 Å². The third-order valence-electron chi connectivity index (χ3n) is 3.11. The molecule has 0 saturated heterocycles. The van der Waals surface area contributed by atoms with Gasteiger partial charge in [-0.05, 0) is 39.2 Å². The van der Waals surface area contributed by atoms with Gasteiger partial charge in [0.1, 0.15) is 0 Å². The first-order chi connectivity index (χ1) is 7.95. The second-order valence-corrected chi connectivity index (χ2v) is 4.67. The van der Waals surface area contributed by atoms with E-state index in [0.29, 0.717) is 6.61 Å². The van der Waals surface area contributed by atoms with Gasteiger partial charge in [-0.2, -0.15) is 0 Å². The van der Waals surface area contributed by atoms with Gasteiger partial charge < -0.3 is 4.74 Å². The number of hydrogen-bond acceptors (Lipinski definition) is 3. The Kier molecular flexibility index (Phi) is 4.67. The predicted octanol–water partition coefficient (Wildman–Crippen LogP) is 2.67. The highest BCUT2D eigenvalue weighted by Gasteiger charge is 2.33. The van der Waals surface area contributed by atoms with Crippen molar-refractivity contribution in [2.24, 2.45) is 11.8 Å². The Hall–Kier alpha value is -1.38. The zero-order chi connectivity index (χ0) is 13.0. The van der Waals surface area contributed by atoms with Gasteiger partial charge in [0.15, 0.2) is 5.78 Å². The van der Waals surface area contributed by atoms with E-state index in [0.717, 1.165) is 17.6 Å². The van der Waals surface area contributed by atoms with Crippen LogP contribution in [0.2, 0.25) is 0 Å². The van der Waals surface area contributed by atoms with E-state index in [1.807, 2.05) is 13.8 Å². The molecule has 3 heteroatoms. The van der Waals surface area contributed by atoms with Gasteiger partial charge in [0.05, 0.1) is 13.0 Å². The minimum Gasteiger partial charge on any atom is -0.466 e. The lowest BCUT2D eigenvalue weighted by molar-refractivity contribution is -0.146. The highest BCUT2D eigenvalue weighted by Crippen LogP contribution is 2.34. The molecule has 1 aliphatic rings. The van der Waals surface area contributed by atoms with Crippen LogP contribution in [0.15, 0.2) is 23.8 Å². The molecule has 0 unspecified atom stereocenters. The normalized spacial score (nSPS) is 24.2. The zero-order valence-corrected chi connectivity index (χ0v) is 10.8. The lowest BCUT2D eigenvalue weighted by atomic mass is 9.74. The maximum atomic E-state index is 11.9. The Morgan fingerprint density at radius 2 is 2.24 bits per heavy atom. The van der Waals surface area contributed by atoms with Gasteiger partial charge in [0.2, 0.25) is 0 Å². The number of ketones is 1. The summed E-state index contributed by atoms with van der Waals surface area (Å²) in [5.74, 6) is -0.507. The minimum absolute atomic E-state index is 0.0230. The van der Waals surface area contributed by atoms with Gasteiger partial charge in [0, 0.05) is 5.92 Å². The molecular weight excluding hydrogens is 216 g/mol. The van der Waals surface area contributed by atoms with E-state index in [1.165, 1.54) is 0 Å². The zero-order valence-electron chi connectivity index (χ0n) is 10.8. The minimum atomic E-state index is -0.301. The predicted molar refractivity (Wildman–Crippen MR) is 66.4 cm³/mol. The highest BCUT2D eigenvalue weighted by molar-refractivity contribution is 5.95. The average molecular weight is 236 g/mol. The molecule has 0 N–H and O–H groups in total. The lowest BCUT2D eigenvalue weighted by Gasteiger charge is -2.29.